The Bertz CT molecular complexity index is 825. The number of aliphatic hydroxyl groups is 2. The molecule has 6 nitrogen and oxygen atoms in total. The van der Waals surface area contributed by atoms with E-state index in [-0.39, 0.29) is 23.9 Å². The average molecular weight is 372 g/mol. The lowest BCUT2D eigenvalue weighted by molar-refractivity contribution is -0.194. The van der Waals surface area contributed by atoms with Gasteiger partial charge in [0.25, 0.3) is 0 Å². The van der Waals surface area contributed by atoms with Gasteiger partial charge in [-0.3, -0.25) is 4.90 Å². The number of β-amino-alcohol motifs (C(OH)–C–C–N with tert-alkyl or cyclic N) is 1. The molecule has 146 valence electrons. The van der Waals surface area contributed by atoms with Crippen LogP contribution in [0.2, 0.25) is 0 Å². The molecule has 4 N–H and O–H groups in total. The first-order chi connectivity index (χ1) is 12.9. The highest BCUT2D eigenvalue weighted by molar-refractivity contribution is 5.62. The minimum absolute atomic E-state index is 0.0113. The number of likely N-dealkylation sites (tertiary alicyclic amines) is 1. The Kier molecular flexibility index (Phi) is 3.06. The van der Waals surface area contributed by atoms with Crippen LogP contribution in [0.1, 0.15) is 43.2 Å². The van der Waals surface area contributed by atoms with Gasteiger partial charge < -0.3 is 25.4 Å². The molecule has 1 spiro atoms. The minimum Gasteiger partial charge on any atom is -0.504 e. The maximum Gasteiger partial charge on any atom is 0.165 e. The van der Waals surface area contributed by atoms with Gasteiger partial charge >= 0.3 is 0 Å². The lowest BCUT2D eigenvalue weighted by Crippen LogP contribution is -2.78. The number of nitrogens with zero attached hydrogens (tertiary/aromatic N) is 1. The minimum atomic E-state index is -0.888. The van der Waals surface area contributed by atoms with Crippen LogP contribution in [0.5, 0.6) is 11.5 Å². The molecule has 1 saturated heterocycles. The highest BCUT2D eigenvalue weighted by Gasteiger charge is 2.73. The summed E-state index contributed by atoms with van der Waals surface area (Å²) in [6.07, 6.45) is 4.66. The highest BCUT2D eigenvalue weighted by Crippen LogP contribution is 2.65. The number of aromatic hydroxyl groups is 1. The molecule has 27 heavy (non-hydrogen) atoms. The van der Waals surface area contributed by atoms with E-state index in [1.165, 1.54) is 5.56 Å². The van der Waals surface area contributed by atoms with Crippen molar-refractivity contribution in [3.63, 3.8) is 0 Å². The predicted molar refractivity (Wildman–Crippen MR) is 99.1 cm³/mol. The SMILES string of the molecule is CN[C@@H]1CC[C@@]2(O)C3Cc4ccc(O)c5c4C2(CCN3CC2(O)CC2)[C@H]1O5. The van der Waals surface area contributed by atoms with Gasteiger partial charge in [-0.2, -0.15) is 0 Å². The zero-order valence-electron chi connectivity index (χ0n) is 15.7. The number of benzene rings is 1. The standard InChI is InChI=1S/C21H28N2O4/c1-22-13-4-5-21(26)15-10-12-2-3-14(24)17-16(12)20(21,18(13)27-17)8-9-23(15)11-19(25)6-7-19/h2-3,13,15,18,22,24-26H,4-11H2,1H3/t13-,15?,18+,20?,21-/m1/s1. The molecule has 2 saturated carbocycles. The van der Waals surface area contributed by atoms with Crippen LogP contribution in [-0.2, 0) is 11.8 Å². The Hall–Kier alpha value is -1.34. The summed E-state index contributed by atoms with van der Waals surface area (Å²) in [5, 5.41) is 36.6. The molecule has 0 radical (unpaired) electrons. The molecule has 2 heterocycles. The van der Waals surface area contributed by atoms with E-state index in [2.05, 4.69) is 10.2 Å². The van der Waals surface area contributed by atoms with E-state index >= 15 is 0 Å². The molecule has 1 aromatic rings. The fourth-order valence-corrected chi connectivity index (χ4v) is 6.80. The van der Waals surface area contributed by atoms with Crippen LogP contribution in [0.15, 0.2) is 12.1 Å². The van der Waals surface area contributed by atoms with Gasteiger partial charge in [-0.1, -0.05) is 6.07 Å². The van der Waals surface area contributed by atoms with E-state index in [9.17, 15) is 15.3 Å². The number of hydrogen-bond donors (Lipinski definition) is 4. The molecule has 2 bridgehead atoms. The van der Waals surface area contributed by atoms with Crippen LogP contribution < -0.4 is 10.1 Å². The first kappa shape index (κ1) is 16.6. The Labute approximate surface area is 159 Å². The fourth-order valence-electron chi connectivity index (χ4n) is 6.80. The van der Waals surface area contributed by atoms with Gasteiger partial charge in [0.2, 0.25) is 0 Å². The van der Waals surface area contributed by atoms with Crippen molar-refractivity contribution >= 4 is 0 Å². The van der Waals surface area contributed by atoms with E-state index in [1.54, 1.807) is 6.07 Å². The quantitative estimate of drug-likeness (QED) is 0.624. The first-order valence-corrected chi connectivity index (χ1v) is 10.3. The Morgan fingerprint density at radius 3 is 2.78 bits per heavy atom. The van der Waals surface area contributed by atoms with Crippen molar-refractivity contribution in [2.75, 3.05) is 20.1 Å². The lowest BCUT2D eigenvalue weighted by atomic mass is 9.48. The third-order valence-corrected chi connectivity index (χ3v) is 8.27. The fraction of sp³-hybridized carbons (Fsp3) is 0.714. The Morgan fingerprint density at radius 2 is 2.04 bits per heavy atom. The molecule has 1 aromatic carbocycles. The van der Waals surface area contributed by atoms with Crippen LogP contribution in [0.3, 0.4) is 0 Å². The van der Waals surface area contributed by atoms with Crippen molar-refractivity contribution < 1.29 is 20.1 Å². The number of piperidine rings is 1. The van der Waals surface area contributed by atoms with Gasteiger partial charge in [0, 0.05) is 24.2 Å². The number of phenolic OH excluding ortho intramolecular Hbond substituents is 1. The molecule has 0 amide bonds. The molecule has 3 aliphatic carbocycles. The van der Waals surface area contributed by atoms with Crippen molar-refractivity contribution in [2.24, 2.45) is 0 Å². The van der Waals surface area contributed by atoms with Gasteiger partial charge in [-0.25, -0.2) is 0 Å². The summed E-state index contributed by atoms with van der Waals surface area (Å²) in [6, 6.07) is 3.88. The number of rotatable bonds is 3. The zero-order chi connectivity index (χ0) is 18.6. The number of ether oxygens (including phenoxy) is 1. The number of nitrogens with one attached hydrogen (secondary N) is 1. The van der Waals surface area contributed by atoms with Crippen LogP contribution in [0, 0.1) is 0 Å². The molecule has 3 fully saturated rings. The third-order valence-electron chi connectivity index (χ3n) is 8.27. The number of hydrogen-bond acceptors (Lipinski definition) is 6. The van der Waals surface area contributed by atoms with Crippen molar-refractivity contribution in [3.8, 4) is 11.5 Å². The summed E-state index contributed by atoms with van der Waals surface area (Å²) in [4.78, 5) is 2.34. The van der Waals surface area contributed by atoms with E-state index in [1.807, 2.05) is 13.1 Å². The van der Waals surface area contributed by atoms with Crippen molar-refractivity contribution in [1.82, 2.24) is 10.2 Å². The smallest absolute Gasteiger partial charge is 0.165 e. The van der Waals surface area contributed by atoms with Crippen LogP contribution in [0.25, 0.3) is 0 Å². The summed E-state index contributed by atoms with van der Waals surface area (Å²) in [6.45, 7) is 1.50. The molecule has 5 aliphatic rings. The summed E-state index contributed by atoms with van der Waals surface area (Å²) < 4.78 is 6.39. The monoisotopic (exact) mass is 372 g/mol. The number of likely N-dealkylation sites (N-methyl/N-ethyl adjacent to an activating group) is 1. The topological polar surface area (TPSA) is 85.2 Å². The molecule has 2 aliphatic heterocycles. The molecule has 5 atom stereocenters. The summed E-state index contributed by atoms with van der Waals surface area (Å²) in [5.74, 6) is 0.772. The molecular weight excluding hydrogens is 344 g/mol. The first-order valence-electron chi connectivity index (χ1n) is 10.3. The van der Waals surface area contributed by atoms with E-state index in [0.717, 1.165) is 44.2 Å². The highest BCUT2D eigenvalue weighted by atomic mass is 16.5. The third kappa shape index (κ3) is 1.85. The lowest BCUT2D eigenvalue weighted by Gasteiger charge is -2.64. The van der Waals surface area contributed by atoms with E-state index in [0.29, 0.717) is 18.7 Å². The molecule has 2 unspecified atom stereocenters. The molecule has 6 rings (SSSR count). The predicted octanol–water partition coefficient (Wildman–Crippen LogP) is 0.659. The van der Waals surface area contributed by atoms with Crippen molar-refractivity contribution in [1.29, 1.82) is 0 Å². The second kappa shape index (κ2) is 4.98. The van der Waals surface area contributed by atoms with Crippen LogP contribution >= 0.6 is 0 Å². The summed E-state index contributed by atoms with van der Waals surface area (Å²) in [7, 11) is 1.96. The molecule has 6 heteroatoms. The second-order valence-corrected chi connectivity index (χ2v) is 9.48. The second-order valence-electron chi connectivity index (χ2n) is 9.48. The van der Waals surface area contributed by atoms with Gasteiger partial charge in [0.05, 0.1) is 16.6 Å². The van der Waals surface area contributed by atoms with E-state index in [4.69, 9.17) is 4.74 Å². The normalized spacial score (nSPS) is 43.1. The summed E-state index contributed by atoms with van der Waals surface area (Å²) in [5.41, 5.74) is 0.309. The molecule has 0 aromatic heterocycles. The van der Waals surface area contributed by atoms with Crippen molar-refractivity contribution in [3.05, 3.63) is 23.3 Å². The van der Waals surface area contributed by atoms with E-state index < -0.39 is 16.6 Å². The van der Waals surface area contributed by atoms with Gasteiger partial charge in [-0.05, 0) is 63.7 Å². The van der Waals surface area contributed by atoms with Crippen LogP contribution in [-0.4, -0.2) is 69.7 Å². The largest absolute Gasteiger partial charge is 0.504 e. The van der Waals surface area contributed by atoms with Gasteiger partial charge in [-0.15, -0.1) is 0 Å². The maximum absolute atomic E-state index is 12.2. The average Bonchev–Trinajstić information content (AvgIpc) is 3.25. The Morgan fingerprint density at radius 1 is 1.22 bits per heavy atom. The van der Waals surface area contributed by atoms with Crippen molar-refractivity contribution in [2.45, 2.75) is 73.3 Å². The maximum atomic E-state index is 12.2. The number of phenols is 1. The zero-order valence-corrected chi connectivity index (χ0v) is 15.7. The Balaban J connectivity index is 1.54. The summed E-state index contributed by atoms with van der Waals surface area (Å²) >= 11 is 0. The van der Waals surface area contributed by atoms with Gasteiger partial charge in [0.1, 0.15) is 6.10 Å². The van der Waals surface area contributed by atoms with Crippen LogP contribution in [0.4, 0.5) is 0 Å². The molecular formula is C21H28N2O4. The van der Waals surface area contributed by atoms with Gasteiger partial charge in [0.15, 0.2) is 11.5 Å².